The molecule has 3 aromatic carbocycles. The molecule has 36 heavy (non-hydrogen) atoms. The van der Waals surface area contributed by atoms with Crippen molar-refractivity contribution in [3.05, 3.63) is 90.1 Å². The van der Waals surface area contributed by atoms with Crippen LogP contribution in [0.1, 0.15) is 37.8 Å². The molecule has 8 heteroatoms. The zero-order valence-electron chi connectivity index (χ0n) is 19.6. The molecule has 1 saturated carbocycles. The van der Waals surface area contributed by atoms with Crippen molar-refractivity contribution in [2.24, 2.45) is 5.41 Å². The Morgan fingerprint density at radius 2 is 1.75 bits per heavy atom. The molecule has 2 heterocycles. The van der Waals surface area contributed by atoms with Gasteiger partial charge < -0.3 is 10.2 Å². The number of fused-ring (bicyclic) bond motifs is 1. The monoisotopic (exact) mass is 486 g/mol. The molecule has 1 aliphatic carbocycles. The maximum atomic E-state index is 14.2. The number of nitrogens with zero attached hydrogens (tertiary/aromatic N) is 3. The number of benzene rings is 3. The fourth-order valence-electron chi connectivity index (χ4n) is 4.96. The minimum absolute atomic E-state index is 0.0698. The Bertz CT molecular complexity index is 1490. The zero-order chi connectivity index (χ0) is 25.0. The summed E-state index contributed by atoms with van der Waals surface area (Å²) in [6.45, 7) is 1.92. The predicted octanol–water partition coefficient (Wildman–Crippen LogP) is 5.07. The second kappa shape index (κ2) is 8.26. The van der Waals surface area contributed by atoms with E-state index >= 15 is 0 Å². The van der Waals surface area contributed by atoms with Crippen LogP contribution < -0.4 is 10.2 Å². The summed E-state index contributed by atoms with van der Waals surface area (Å²) in [6, 6.07) is 16.7. The van der Waals surface area contributed by atoms with Crippen LogP contribution in [0.15, 0.2) is 72.9 Å². The van der Waals surface area contributed by atoms with Crippen LogP contribution in [0.25, 0.3) is 16.6 Å². The molecule has 1 aromatic heterocycles. The van der Waals surface area contributed by atoms with Gasteiger partial charge in [-0.3, -0.25) is 9.59 Å². The summed E-state index contributed by atoms with van der Waals surface area (Å²) in [6.07, 6.45) is 3.45. The van der Waals surface area contributed by atoms with Crippen LogP contribution >= 0.6 is 0 Å². The molecule has 2 amide bonds. The Morgan fingerprint density at radius 3 is 2.47 bits per heavy atom. The van der Waals surface area contributed by atoms with Gasteiger partial charge in [0.1, 0.15) is 11.6 Å². The first-order valence-electron chi connectivity index (χ1n) is 11.9. The Balaban J connectivity index is 1.39. The first kappa shape index (κ1) is 22.4. The van der Waals surface area contributed by atoms with Gasteiger partial charge in [-0.15, -0.1) is 0 Å². The number of aromatic nitrogens is 2. The van der Waals surface area contributed by atoms with E-state index in [1.807, 2.05) is 25.1 Å². The molecule has 1 N–H and O–H groups in total. The van der Waals surface area contributed by atoms with E-state index < -0.39 is 23.3 Å². The molecule has 2 atom stereocenters. The van der Waals surface area contributed by atoms with Crippen LogP contribution in [-0.2, 0) is 9.59 Å². The number of rotatable bonds is 5. The fraction of sp³-hybridized carbons (Fsp3) is 0.250. The largest absolute Gasteiger partial charge is 0.350 e. The van der Waals surface area contributed by atoms with Gasteiger partial charge in [0, 0.05) is 22.9 Å². The van der Waals surface area contributed by atoms with Crippen molar-refractivity contribution < 1.29 is 18.4 Å². The van der Waals surface area contributed by atoms with Crippen LogP contribution in [0, 0.1) is 17.0 Å². The number of carbonyl (C=O) groups excluding carboxylic acids is 2. The third-order valence-electron chi connectivity index (χ3n) is 7.28. The van der Waals surface area contributed by atoms with Crippen molar-refractivity contribution in [2.75, 3.05) is 4.90 Å². The highest BCUT2D eigenvalue weighted by Crippen LogP contribution is 2.46. The summed E-state index contributed by atoms with van der Waals surface area (Å²) in [7, 11) is 0. The Kier molecular flexibility index (Phi) is 5.14. The maximum Gasteiger partial charge on any atom is 0.229 e. The molecule has 1 aliphatic heterocycles. The number of hydrogen-bond donors (Lipinski definition) is 1. The first-order chi connectivity index (χ1) is 17.3. The van der Waals surface area contributed by atoms with Gasteiger partial charge in [-0.05, 0) is 73.0 Å². The second-order valence-corrected chi connectivity index (χ2v) is 9.88. The topological polar surface area (TPSA) is 67.2 Å². The van der Waals surface area contributed by atoms with Gasteiger partial charge in [0.05, 0.1) is 29.5 Å². The molecule has 0 bridgehead atoms. The van der Waals surface area contributed by atoms with Gasteiger partial charge in [0.15, 0.2) is 0 Å². The lowest BCUT2D eigenvalue weighted by Gasteiger charge is -2.30. The first-order valence-corrected chi connectivity index (χ1v) is 11.9. The number of anilines is 1. The van der Waals surface area contributed by atoms with E-state index in [0.717, 1.165) is 23.7 Å². The standard InChI is InChI=1S/C28H24F2N4O2/c1-28(11-12-28)27(36)32-23-15-25(35)33(26(23)17-3-2-4-20(30)13-17)22-9-10-24-18(14-22)16-31-34(24)21-7-5-19(29)6-8-21/h2-10,13-14,16,23,26H,11-12,15H2,1H3,(H,32,36)/t23-,26+/m0/s1. The predicted molar refractivity (Wildman–Crippen MR) is 132 cm³/mol. The summed E-state index contributed by atoms with van der Waals surface area (Å²) in [5.41, 5.74) is 2.37. The zero-order valence-corrected chi connectivity index (χ0v) is 19.6. The summed E-state index contributed by atoms with van der Waals surface area (Å²) < 4.78 is 29.3. The Labute approximate surface area is 206 Å². The number of nitrogens with one attached hydrogen (secondary N) is 1. The van der Waals surface area contributed by atoms with Crippen LogP contribution in [0.4, 0.5) is 14.5 Å². The number of hydrogen-bond acceptors (Lipinski definition) is 3. The van der Waals surface area contributed by atoms with Crippen molar-refractivity contribution in [2.45, 2.75) is 38.3 Å². The number of amides is 2. The highest BCUT2D eigenvalue weighted by molar-refractivity contribution is 6.00. The quantitative estimate of drug-likeness (QED) is 0.429. The third-order valence-corrected chi connectivity index (χ3v) is 7.28. The molecule has 2 aliphatic rings. The third kappa shape index (κ3) is 3.82. The molecule has 182 valence electrons. The van der Waals surface area contributed by atoms with E-state index in [9.17, 15) is 18.4 Å². The van der Waals surface area contributed by atoms with Crippen LogP contribution in [-0.4, -0.2) is 27.6 Å². The second-order valence-electron chi connectivity index (χ2n) is 9.88. The average molecular weight is 487 g/mol. The number of halogens is 2. The lowest BCUT2D eigenvalue weighted by atomic mass is 9.98. The van der Waals surface area contributed by atoms with Gasteiger partial charge in [-0.2, -0.15) is 5.10 Å². The molecular formula is C28H24F2N4O2. The SMILES string of the molecule is CC1(C(=O)N[C@H]2CC(=O)N(c3ccc4c(cnn4-c4ccc(F)cc4)c3)[C@@H]2c2cccc(F)c2)CC1. The van der Waals surface area contributed by atoms with Gasteiger partial charge in [-0.1, -0.05) is 19.1 Å². The van der Waals surface area contributed by atoms with E-state index in [2.05, 4.69) is 10.4 Å². The summed E-state index contributed by atoms with van der Waals surface area (Å²) in [5.74, 6) is -0.951. The van der Waals surface area contributed by atoms with Crippen molar-refractivity contribution in [3.63, 3.8) is 0 Å². The summed E-state index contributed by atoms with van der Waals surface area (Å²) in [5, 5.41) is 8.31. The molecule has 4 aromatic rings. The van der Waals surface area contributed by atoms with Gasteiger partial charge in [0.25, 0.3) is 0 Å². The summed E-state index contributed by atoms with van der Waals surface area (Å²) >= 11 is 0. The normalized spacial score (nSPS) is 20.6. The molecule has 0 unspecified atom stereocenters. The van der Waals surface area contributed by atoms with Gasteiger partial charge >= 0.3 is 0 Å². The Hall–Kier alpha value is -4.07. The van der Waals surface area contributed by atoms with E-state index in [1.54, 1.807) is 40.0 Å². The van der Waals surface area contributed by atoms with Crippen LogP contribution in [0.2, 0.25) is 0 Å². The fourth-order valence-corrected chi connectivity index (χ4v) is 4.96. The number of carbonyl (C=O) groups is 2. The lowest BCUT2D eigenvalue weighted by Crippen LogP contribution is -2.42. The summed E-state index contributed by atoms with van der Waals surface area (Å²) in [4.78, 5) is 27.8. The van der Waals surface area contributed by atoms with Crippen LogP contribution in [0.5, 0.6) is 0 Å². The van der Waals surface area contributed by atoms with Crippen molar-refractivity contribution in [1.82, 2.24) is 15.1 Å². The Morgan fingerprint density at radius 1 is 1.00 bits per heavy atom. The van der Waals surface area contributed by atoms with E-state index in [-0.39, 0.29) is 24.1 Å². The van der Waals surface area contributed by atoms with E-state index in [1.165, 1.54) is 24.3 Å². The molecule has 2 fully saturated rings. The average Bonchev–Trinajstić information content (AvgIpc) is 3.35. The highest BCUT2D eigenvalue weighted by atomic mass is 19.1. The van der Waals surface area contributed by atoms with Crippen molar-refractivity contribution in [3.8, 4) is 5.69 Å². The maximum absolute atomic E-state index is 14.2. The molecule has 0 radical (unpaired) electrons. The molecular weight excluding hydrogens is 462 g/mol. The minimum Gasteiger partial charge on any atom is -0.350 e. The van der Waals surface area contributed by atoms with Crippen molar-refractivity contribution in [1.29, 1.82) is 0 Å². The van der Waals surface area contributed by atoms with Gasteiger partial charge in [0.2, 0.25) is 11.8 Å². The highest BCUT2D eigenvalue weighted by Gasteiger charge is 2.49. The van der Waals surface area contributed by atoms with Crippen molar-refractivity contribution >= 4 is 28.4 Å². The van der Waals surface area contributed by atoms with E-state index in [0.29, 0.717) is 16.9 Å². The smallest absolute Gasteiger partial charge is 0.229 e. The molecule has 0 spiro atoms. The molecule has 6 rings (SSSR count). The minimum atomic E-state index is -0.552. The van der Waals surface area contributed by atoms with E-state index in [4.69, 9.17) is 0 Å². The lowest BCUT2D eigenvalue weighted by molar-refractivity contribution is -0.126. The van der Waals surface area contributed by atoms with Gasteiger partial charge in [-0.25, -0.2) is 13.5 Å². The molecule has 6 nitrogen and oxygen atoms in total. The molecule has 1 saturated heterocycles. The van der Waals surface area contributed by atoms with Crippen LogP contribution in [0.3, 0.4) is 0 Å².